The minimum atomic E-state index is -0.102. The summed E-state index contributed by atoms with van der Waals surface area (Å²) in [7, 11) is 0. The summed E-state index contributed by atoms with van der Waals surface area (Å²) in [6.45, 7) is 9.62. The van der Waals surface area contributed by atoms with Gasteiger partial charge in [0, 0.05) is 6.04 Å². The van der Waals surface area contributed by atoms with Gasteiger partial charge in [-0.05, 0) is 25.8 Å². The maximum Gasteiger partial charge on any atom is 0.307 e. The molecule has 0 spiro atoms. The normalized spacial score (nSPS) is 12.9. The van der Waals surface area contributed by atoms with Gasteiger partial charge in [0.15, 0.2) is 0 Å². The Morgan fingerprint density at radius 1 is 1.36 bits per heavy atom. The predicted octanol–water partition coefficient (Wildman–Crippen LogP) is 1.96. The van der Waals surface area contributed by atoms with Crippen molar-refractivity contribution < 1.29 is 9.53 Å². The van der Waals surface area contributed by atoms with Crippen molar-refractivity contribution in [1.82, 2.24) is 5.32 Å². The highest BCUT2D eigenvalue weighted by atomic mass is 16.5. The van der Waals surface area contributed by atoms with E-state index in [0.29, 0.717) is 18.9 Å². The molecule has 0 radical (unpaired) electrons. The van der Waals surface area contributed by atoms with Crippen molar-refractivity contribution in [2.45, 2.75) is 46.6 Å². The van der Waals surface area contributed by atoms with E-state index in [4.69, 9.17) is 4.74 Å². The molecule has 0 rings (SSSR count). The van der Waals surface area contributed by atoms with Gasteiger partial charge in [-0.15, -0.1) is 0 Å². The number of ether oxygens (including phenoxy) is 1. The van der Waals surface area contributed by atoms with Crippen molar-refractivity contribution in [1.29, 1.82) is 0 Å². The van der Waals surface area contributed by atoms with E-state index in [9.17, 15) is 4.79 Å². The Balaban J connectivity index is 3.89. The van der Waals surface area contributed by atoms with Crippen LogP contribution >= 0.6 is 0 Å². The summed E-state index contributed by atoms with van der Waals surface area (Å²) in [4.78, 5) is 11.3. The molecule has 84 valence electrons. The molecule has 0 amide bonds. The summed E-state index contributed by atoms with van der Waals surface area (Å²) in [5.74, 6) is 0.362. The Labute approximate surface area is 87.2 Å². The number of carbonyl (C=O) groups is 1. The molecule has 0 aliphatic rings. The van der Waals surface area contributed by atoms with Crippen molar-refractivity contribution in [2.75, 3.05) is 13.2 Å². The molecule has 3 nitrogen and oxygen atoms in total. The lowest BCUT2D eigenvalue weighted by molar-refractivity contribution is -0.144. The van der Waals surface area contributed by atoms with E-state index in [-0.39, 0.29) is 12.0 Å². The van der Waals surface area contributed by atoms with Crippen LogP contribution in [0.4, 0.5) is 0 Å². The van der Waals surface area contributed by atoms with E-state index in [1.807, 2.05) is 6.92 Å². The topological polar surface area (TPSA) is 38.3 Å². The number of rotatable bonds is 7. The zero-order valence-electron chi connectivity index (χ0n) is 9.80. The fraction of sp³-hybridized carbons (Fsp3) is 0.909. The van der Waals surface area contributed by atoms with Crippen LogP contribution in [0.2, 0.25) is 0 Å². The second-order valence-corrected chi connectivity index (χ2v) is 3.81. The fourth-order valence-electron chi connectivity index (χ4n) is 1.27. The third-order valence-corrected chi connectivity index (χ3v) is 2.15. The van der Waals surface area contributed by atoms with E-state index in [1.165, 1.54) is 0 Å². The molecule has 0 aliphatic heterocycles. The molecule has 1 unspecified atom stereocenters. The van der Waals surface area contributed by atoms with Crippen LogP contribution in [0.3, 0.4) is 0 Å². The molecule has 0 saturated heterocycles. The second-order valence-electron chi connectivity index (χ2n) is 3.81. The van der Waals surface area contributed by atoms with Gasteiger partial charge in [-0.25, -0.2) is 0 Å². The summed E-state index contributed by atoms with van der Waals surface area (Å²) in [5, 5.41) is 3.36. The van der Waals surface area contributed by atoms with Crippen molar-refractivity contribution >= 4 is 5.97 Å². The van der Waals surface area contributed by atoms with Gasteiger partial charge >= 0.3 is 5.97 Å². The fourth-order valence-corrected chi connectivity index (χ4v) is 1.27. The van der Waals surface area contributed by atoms with Crippen molar-refractivity contribution in [3.63, 3.8) is 0 Å². The maximum absolute atomic E-state index is 11.3. The molecule has 0 fully saturated rings. The summed E-state index contributed by atoms with van der Waals surface area (Å²) in [6, 6.07) is 0.244. The number of carbonyl (C=O) groups excluding carboxylic acids is 1. The van der Waals surface area contributed by atoms with E-state index in [1.54, 1.807) is 0 Å². The average Bonchev–Trinajstić information content (AvgIpc) is 2.12. The lowest BCUT2D eigenvalue weighted by Crippen LogP contribution is -2.36. The summed E-state index contributed by atoms with van der Waals surface area (Å²) < 4.78 is 4.92. The lowest BCUT2D eigenvalue weighted by Gasteiger charge is -2.21. The molecule has 0 heterocycles. The first-order chi connectivity index (χ1) is 6.61. The molecule has 0 bridgehead atoms. The molecular formula is C11H23NO2. The Morgan fingerprint density at radius 3 is 2.43 bits per heavy atom. The van der Waals surface area contributed by atoms with Crippen molar-refractivity contribution in [2.24, 2.45) is 5.92 Å². The molecule has 0 aromatic rings. The average molecular weight is 201 g/mol. The molecule has 0 aromatic heterocycles. The minimum absolute atomic E-state index is 0.102. The first-order valence-corrected chi connectivity index (χ1v) is 5.50. The summed E-state index contributed by atoms with van der Waals surface area (Å²) in [6.07, 6.45) is 1.57. The van der Waals surface area contributed by atoms with E-state index in [2.05, 4.69) is 26.1 Å². The van der Waals surface area contributed by atoms with Crippen LogP contribution < -0.4 is 5.32 Å². The standard InChI is InChI=1S/C11H23NO2/c1-5-7-12-10(9(3)4)8-11(13)14-6-2/h9-10,12H,5-8H2,1-4H3. The molecule has 0 saturated carbocycles. The van der Waals surface area contributed by atoms with Crippen LogP contribution in [0.5, 0.6) is 0 Å². The van der Waals surface area contributed by atoms with Gasteiger partial charge in [0.1, 0.15) is 0 Å². The number of nitrogens with one attached hydrogen (secondary N) is 1. The number of esters is 1. The summed E-state index contributed by atoms with van der Waals surface area (Å²) in [5.41, 5.74) is 0. The zero-order chi connectivity index (χ0) is 11.0. The molecule has 14 heavy (non-hydrogen) atoms. The van der Waals surface area contributed by atoms with Crippen LogP contribution in [-0.2, 0) is 9.53 Å². The number of hydrogen-bond donors (Lipinski definition) is 1. The Morgan fingerprint density at radius 2 is 2.00 bits per heavy atom. The first kappa shape index (κ1) is 13.4. The largest absolute Gasteiger partial charge is 0.466 e. The van der Waals surface area contributed by atoms with Crippen LogP contribution in [0.25, 0.3) is 0 Å². The quantitative estimate of drug-likeness (QED) is 0.640. The van der Waals surface area contributed by atoms with E-state index >= 15 is 0 Å². The van der Waals surface area contributed by atoms with Gasteiger partial charge in [0.25, 0.3) is 0 Å². The zero-order valence-corrected chi connectivity index (χ0v) is 9.80. The van der Waals surface area contributed by atoms with Crippen LogP contribution in [-0.4, -0.2) is 25.2 Å². The Bertz CT molecular complexity index is 157. The Hall–Kier alpha value is -0.570. The molecule has 0 aromatic carbocycles. The van der Waals surface area contributed by atoms with E-state index in [0.717, 1.165) is 13.0 Å². The minimum Gasteiger partial charge on any atom is -0.466 e. The molecule has 0 aliphatic carbocycles. The van der Waals surface area contributed by atoms with Gasteiger partial charge in [-0.3, -0.25) is 4.79 Å². The van der Waals surface area contributed by atoms with E-state index < -0.39 is 0 Å². The molecule has 1 atom stereocenters. The van der Waals surface area contributed by atoms with Gasteiger partial charge in [0.2, 0.25) is 0 Å². The summed E-state index contributed by atoms with van der Waals surface area (Å²) >= 11 is 0. The highest BCUT2D eigenvalue weighted by Crippen LogP contribution is 2.07. The molecule has 3 heteroatoms. The first-order valence-electron chi connectivity index (χ1n) is 5.50. The van der Waals surface area contributed by atoms with Crippen LogP contribution in [0.15, 0.2) is 0 Å². The lowest BCUT2D eigenvalue weighted by atomic mass is 10.0. The second kappa shape index (κ2) is 7.80. The SMILES string of the molecule is CCCNC(CC(=O)OCC)C(C)C. The molecular weight excluding hydrogens is 178 g/mol. The van der Waals surface area contributed by atoms with Gasteiger partial charge in [0.05, 0.1) is 13.0 Å². The van der Waals surface area contributed by atoms with Gasteiger partial charge < -0.3 is 10.1 Å². The highest BCUT2D eigenvalue weighted by Gasteiger charge is 2.16. The number of hydrogen-bond acceptors (Lipinski definition) is 3. The van der Waals surface area contributed by atoms with Gasteiger partial charge in [-0.2, -0.15) is 0 Å². The third-order valence-electron chi connectivity index (χ3n) is 2.15. The molecule has 1 N–H and O–H groups in total. The van der Waals surface area contributed by atoms with Crippen molar-refractivity contribution in [3.05, 3.63) is 0 Å². The third kappa shape index (κ3) is 5.97. The van der Waals surface area contributed by atoms with Crippen molar-refractivity contribution in [3.8, 4) is 0 Å². The smallest absolute Gasteiger partial charge is 0.307 e. The predicted molar refractivity (Wildman–Crippen MR) is 58.2 cm³/mol. The van der Waals surface area contributed by atoms with Crippen LogP contribution in [0, 0.1) is 5.92 Å². The van der Waals surface area contributed by atoms with Gasteiger partial charge in [-0.1, -0.05) is 20.8 Å². The van der Waals surface area contributed by atoms with Crippen LogP contribution in [0.1, 0.15) is 40.5 Å². The highest BCUT2D eigenvalue weighted by molar-refractivity contribution is 5.70. The monoisotopic (exact) mass is 201 g/mol. The Kier molecular flexibility index (Phi) is 7.48. The maximum atomic E-state index is 11.3.